The highest BCUT2D eigenvalue weighted by Gasteiger charge is 2.20. The van der Waals surface area contributed by atoms with Crippen molar-refractivity contribution in [2.75, 3.05) is 11.9 Å². The minimum absolute atomic E-state index is 0.754. The van der Waals surface area contributed by atoms with Crippen molar-refractivity contribution in [3.63, 3.8) is 0 Å². The number of rotatable bonds is 3. The zero-order valence-electron chi connectivity index (χ0n) is 11.5. The molecule has 0 radical (unpaired) electrons. The first-order valence-electron chi connectivity index (χ1n) is 6.67. The Hall–Kier alpha value is -1.26. The summed E-state index contributed by atoms with van der Waals surface area (Å²) < 4.78 is 0. The number of hydrogen-bond donors (Lipinski definition) is 1. The van der Waals surface area contributed by atoms with Crippen LogP contribution in [0.2, 0.25) is 5.02 Å². The fraction of sp³-hybridized carbons (Fsp3) is 0.333. The summed E-state index contributed by atoms with van der Waals surface area (Å²) in [5.74, 6) is 3.67. The van der Waals surface area contributed by atoms with Crippen molar-refractivity contribution in [2.45, 2.75) is 25.4 Å². The van der Waals surface area contributed by atoms with E-state index in [2.05, 4.69) is 17.2 Å². The topological polar surface area (TPSA) is 37.8 Å². The van der Waals surface area contributed by atoms with Crippen LogP contribution in [0.5, 0.6) is 0 Å². The van der Waals surface area contributed by atoms with Crippen LogP contribution in [0, 0.1) is 6.92 Å². The highest BCUT2D eigenvalue weighted by atomic mass is 35.5. The Bertz CT molecular complexity index is 658. The van der Waals surface area contributed by atoms with Crippen molar-refractivity contribution in [3.05, 3.63) is 40.0 Å². The Morgan fingerprint density at radius 2 is 2.15 bits per heavy atom. The van der Waals surface area contributed by atoms with E-state index in [1.54, 1.807) is 0 Å². The van der Waals surface area contributed by atoms with Crippen molar-refractivity contribution in [2.24, 2.45) is 0 Å². The molecule has 0 bridgehead atoms. The summed E-state index contributed by atoms with van der Waals surface area (Å²) in [4.78, 5) is 9.39. The monoisotopic (exact) mass is 305 g/mol. The number of aryl methyl sites for hydroxylation is 1. The predicted octanol–water partition coefficient (Wildman–Crippen LogP) is 4.28. The maximum absolute atomic E-state index is 6.21. The lowest BCUT2D eigenvalue weighted by molar-refractivity contribution is 1.05. The highest BCUT2D eigenvalue weighted by Crippen LogP contribution is 2.34. The first-order valence-corrected chi connectivity index (χ1v) is 8.20. The van der Waals surface area contributed by atoms with Crippen LogP contribution in [0.3, 0.4) is 0 Å². The van der Waals surface area contributed by atoms with Crippen LogP contribution in [0.25, 0.3) is 11.4 Å². The smallest absolute Gasteiger partial charge is 0.161 e. The molecule has 20 heavy (non-hydrogen) atoms. The largest absolute Gasteiger partial charge is 0.370 e. The molecule has 0 unspecified atom stereocenters. The molecule has 3 rings (SSSR count). The molecule has 1 aliphatic rings. The maximum Gasteiger partial charge on any atom is 0.161 e. The minimum atomic E-state index is 0.754. The van der Waals surface area contributed by atoms with Gasteiger partial charge in [0.05, 0.1) is 5.69 Å². The van der Waals surface area contributed by atoms with Gasteiger partial charge in [0, 0.05) is 34.2 Å². The van der Waals surface area contributed by atoms with Gasteiger partial charge in [-0.1, -0.05) is 23.7 Å². The summed E-state index contributed by atoms with van der Waals surface area (Å²) in [6.07, 6.45) is 0. The van der Waals surface area contributed by atoms with E-state index in [0.717, 1.165) is 51.5 Å². The molecule has 1 aliphatic heterocycles. The molecule has 0 saturated carbocycles. The minimum Gasteiger partial charge on any atom is -0.370 e. The van der Waals surface area contributed by atoms with Crippen molar-refractivity contribution in [3.8, 4) is 11.4 Å². The molecular formula is C15H16ClN3S. The molecule has 0 saturated heterocycles. The second kappa shape index (κ2) is 5.62. The van der Waals surface area contributed by atoms with Gasteiger partial charge in [0.1, 0.15) is 5.82 Å². The van der Waals surface area contributed by atoms with Gasteiger partial charge in [0.15, 0.2) is 5.82 Å². The summed E-state index contributed by atoms with van der Waals surface area (Å²) in [5.41, 5.74) is 4.44. The van der Waals surface area contributed by atoms with E-state index in [4.69, 9.17) is 16.6 Å². The van der Waals surface area contributed by atoms with E-state index in [1.807, 2.05) is 36.9 Å². The predicted molar refractivity (Wildman–Crippen MR) is 86.4 cm³/mol. The van der Waals surface area contributed by atoms with Crippen LogP contribution < -0.4 is 5.32 Å². The highest BCUT2D eigenvalue weighted by molar-refractivity contribution is 7.98. The van der Waals surface area contributed by atoms with Gasteiger partial charge < -0.3 is 5.32 Å². The number of nitrogens with one attached hydrogen (secondary N) is 1. The number of anilines is 1. The van der Waals surface area contributed by atoms with Crippen molar-refractivity contribution < 1.29 is 0 Å². The molecule has 2 aromatic rings. The van der Waals surface area contributed by atoms with E-state index in [9.17, 15) is 0 Å². The summed E-state index contributed by atoms with van der Waals surface area (Å²) in [7, 11) is 0. The first-order chi connectivity index (χ1) is 9.69. The Kier molecular flexibility index (Phi) is 3.85. The Labute approximate surface area is 128 Å². The summed E-state index contributed by atoms with van der Waals surface area (Å²) in [6.45, 7) is 4.94. The summed E-state index contributed by atoms with van der Waals surface area (Å²) in [6, 6.07) is 5.98. The third-order valence-electron chi connectivity index (χ3n) is 3.35. The van der Waals surface area contributed by atoms with Gasteiger partial charge in [0.2, 0.25) is 0 Å². The van der Waals surface area contributed by atoms with Gasteiger partial charge >= 0.3 is 0 Å². The fourth-order valence-corrected chi connectivity index (χ4v) is 3.45. The van der Waals surface area contributed by atoms with E-state index >= 15 is 0 Å². The molecule has 1 aromatic carbocycles. The van der Waals surface area contributed by atoms with Gasteiger partial charge in [-0.15, -0.1) is 0 Å². The number of halogens is 1. The second-order valence-electron chi connectivity index (χ2n) is 4.81. The van der Waals surface area contributed by atoms with Crippen LogP contribution in [-0.4, -0.2) is 16.5 Å². The van der Waals surface area contributed by atoms with Crippen molar-refractivity contribution in [1.29, 1.82) is 0 Å². The number of nitrogens with zero attached hydrogens (tertiary/aromatic N) is 2. The van der Waals surface area contributed by atoms with Crippen LogP contribution in [0.1, 0.15) is 23.7 Å². The molecule has 5 heteroatoms. The van der Waals surface area contributed by atoms with Gasteiger partial charge in [-0.05, 0) is 25.5 Å². The van der Waals surface area contributed by atoms with Gasteiger partial charge in [-0.25, -0.2) is 9.97 Å². The molecular weight excluding hydrogens is 290 g/mol. The zero-order valence-corrected chi connectivity index (χ0v) is 13.1. The Balaban J connectivity index is 2.09. The second-order valence-corrected chi connectivity index (χ2v) is 6.20. The van der Waals surface area contributed by atoms with Crippen molar-refractivity contribution >= 4 is 29.2 Å². The lowest BCUT2D eigenvalue weighted by atomic mass is 10.1. The van der Waals surface area contributed by atoms with Crippen LogP contribution in [0.15, 0.2) is 18.2 Å². The molecule has 0 fully saturated rings. The van der Waals surface area contributed by atoms with Gasteiger partial charge in [-0.3, -0.25) is 0 Å². The molecule has 0 amide bonds. The third kappa shape index (κ3) is 2.50. The summed E-state index contributed by atoms with van der Waals surface area (Å²) in [5, 5.41) is 4.10. The van der Waals surface area contributed by atoms with Crippen LogP contribution in [0.4, 0.5) is 5.82 Å². The van der Waals surface area contributed by atoms with E-state index < -0.39 is 0 Å². The SMILES string of the molecule is CCNc1nc(-c2ccc(C)c(Cl)c2)nc2c1CSC2. The molecule has 2 heterocycles. The van der Waals surface area contributed by atoms with E-state index in [0.29, 0.717) is 0 Å². The van der Waals surface area contributed by atoms with Crippen molar-refractivity contribution in [1.82, 2.24) is 9.97 Å². The molecule has 104 valence electrons. The van der Waals surface area contributed by atoms with Gasteiger partial charge in [-0.2, -0.15) is 11.8 Å². The third-order valence-corrected chi connectivity index (χ3v) is 4.73. The quantitative estimate of drug-likeness (QED) is 0.918. The number of fused-ring (bicyclic) bond motifs is 1. The van der Waals surface area contributed by atoms with E-state index in [1.165, 1.54) is 5.56 Å². The molecule has 3 nitrogen and oxygen atoms in total. The fourth-order valence-electron chi connectivity index (χ4n) is 2.23. The lowest BCUT2D eigenvalue weighted by Crippen LogP contribution is -2.06. The molecule has 0 spiro atoms. The van der Waals surface area contributed by atoms with Crippen LogP contribution in [-0.2, 0) is 11.5 Å². The summed E-state index contributed by atoms with van der Waals surface area (Å²) >= 11 is 8.09. The maximum atomic E-state index is 6.21. The number of benzene rings is 1. The molecule has 0 aliphatic carbocycles. The van der Waals surface area contributed by atoms with Gasteiger partial charge in [0.25, 0.3) is 0 Å². The normalized spacial score (nSPS) is 13.3. The van der Waals surface area contributed by atoms with E-state index in [-0.39, 0.29) is 0 Å². The molecule has 1 aromatic heterocycles. The molecule has 0 atom stereocenters. The first kappa shape index (κ1) is 13.7. The number of thioether (sulfide) groups is 1. The number of hydrogen-bond acceptors (Lipinski definition) is 4. The van der Waals surface area contributed by atoms with Crippen LogP contribution >= 0.6 is 23.4 Å². The Morgan fingerprint density at radius 3 is 2.90 bits per heavy atom. The Morgan fingerprint density at radius 1 is 1.30 bits per heavy atom. The lowest BCUT2D eigenvalue weighted by Gasteiger charge is -2.11. The standard InChI is InChI=1S/C15H16ClN3S/c1-3-17-15-11-7-20-8-13(11)18-14(19-15)10-5-4-9(2)12(16)6-10/h4-6H,3,7-8H2,1-2H3,(H,17,18,19). The average Bonchev–Trinajstić information content (AvgIpc) is 2.90. The average molecular weight is 306 g/mol. The molecule has 1 N–H and O–H groups in total. The number of aromatic nitrogens is 2. The zero-order chi connectivity index (χ0) is 14.1.